The standard InChI is InChI=1S/C13H11NO/c1-2-6-12(14)13(15)10-9-11-7-4-3-5-8-11/h1,3-5,7-8,12H,6,14H2. The maximum absolute atomic E-state index is 11.3. The fraction of sp³-hybridized carbons (Fsp3) is 0.154. The van der Waals surface area contributed by atoms with Crippen LogP contribution in [0.3, 0.4) is 0 Å². The molecule has 0 spiro atoms. The summed E-state index contributed by atoms with van der Waals surface area (Å²) < 4.78 is 0. The Balaban J connectivity index is 2.67. The molecule has 0 fully saturated rings. The van der Waals surface area contributed by atoms with Crippen molar-refractivity contribution in [1.82, 2.24) is 0 Å². The van der Waals surface area contributed by atoms with Gasteiger partial charge in [-0.25, -0.2) is 0 Å². The third kappa shape index (κ3) is 3.68. The number of ketones is 1. The Bertz CT molecular complexity index is 431. The molecule has 1 rings (SSSR count). The minimum absolute atomic E-state index is 0.225. The first-order chi connectivity index (χ1) is 7.24. The normalized spacial score (nSPS) is 10.7. The topological polar surface area (TPSA) is 43.1 Å². The van der Waals surface area contributed by atoms with Gasteiger partial charge in [0.15, 0.2) is 0 Å². The van der Waals surface area contributed by atoms with Crippen LogP contribution in [-0.4, -0.2) is 11.8 Å². The predicted molar refractivity (Wildman–Crippen MR) is 59.8 cm³/mol. The van der Waals surface area contributed by atoms with Crippen molar-refractivity contribution in [1.29, 1.82) is 0 Å². The van der Waals surface area contributed by atoms with E-state index in [0.717, 1.165) is 5.56 Å². The zero-order valence-electron chi connectivity index (χ0n) is 8.23. The molecule has 0 aliphatic carbocycles. The number of carbonyl (C=O) groups is 1. The molecule has 0 amide bonds. The van der Waals surface area contributed by atoms with Crippen LogP contribution in [0.4, 0.5) is 0 Å². The molecule has 0 saturated carbocycles. The molecule has 1 aromatic rings. The van der Waals surface area contributed by atoms with Crippen molar-refractivity contribution in [3.05, 3.63) is 35.9 Å². The second kappa shape index (κ2) is 5.65. The van der Waals surface area contributed by atoms with Gasteiger partial charge in [-0.05, 0) is 18.1 Å². The fourth-order valence-electron chi connectivity index (χ4n) is 0.968. The third-order valence-corrected chi connectivity index (χ3v) is 1.78. The summed E-state index contributed by atoms with van der Waals surface area (Å²) in [5.41, 5.74) is 6.29. The molecule has 15 heavy (non-hydrogen) atoms. The van der Waals surface area contributed by atoms with E-state index >= 15 is 0 Å². The first-order valence-corrected chi connectivity index (χ1v) is 4.54. The molecule has 1 unspecified atom stereocenters. The highest BCUT2D eigenvalue weighted by molar-refractivity contribution is 6.00. The van der Waals surface area contributed by atoms with Crippen molar-refractivity contribution in [2.75, 3.05) is 0 Å². The summed E-state index contributed by atoms with van der Waals surface area (Å²) in [7, 11) is 0. The van der Waals surface area contributed by atoms with E-state index in [1.165, 1.54) is 0 Å². The Morgan fingerprint density at radius 2 is 2.07 bits per heavy atom. The number of nitrogens with two attached hydrogens (primary N) is 1. The molecular weight excluding hydrogens is 186 g/mol. The van der Waals surface area contributed by atoms with Crippen LogP contribution in [0.2, 0.25) is 0 Å². The fourth-order valence-corrected chi connectivity index (χ4v) is 0.968. The van der Waals surface area contributed by atoms with E-state index in [1.807, 2.05) is 30.3 Å². The maximum atomic E-state index is 11.3. The lowest BCUT2D eigenvalue weighted by Gasteiger charge is -1.98. The van der Waals surface area contributed by atoms with Gasteiger partial charge in [0, 0.05) is 12.0 Å². The Kier molecular flexibility index (Phi) is 4.16. The summed E-state index contributed by atoms with van der Waals surface area (Å²) in [6.45, 7) is 0. The largest absolute Gasteiger partial charge is 0.320 e. The Labute approximate surface area is 89.5 Å². The van der Waals surface area contributed by atoms with Crippen LogP contribution in [0.1, 0.15) is 12.0 Å². The summed E-state index contributed by atoms with van der Waals surface area (Å²) in [4.78, 5) is 11.3. The summed E-state index contributed by atoms with van der Waals surface area (Å²) in [6.07, 6.45) is 5.27. The highest BCUT2D eigenvalue weighted by Gasteiger charge is 2.07. The Hall–Kier alpha value is -2.03. The predicted octanol–water partition coefficient (Wildman–Crippen LogP) is 0.958. The van der Waals surface area contributed by atoms with Crippen molar-refractivity contribution in [2.24, 2.45) is 5.73 Å². The number of hydrogen-bond acceptors (Lipinski definition) is 2. The molecule has 0 aliphatic rings. The van der Waals surface area contributed by atoms with Crippen molar-refractivity contribution in [2.45, 2.75) is 12.5 Å². The molecule has 2 nitrogen and oxygen atoms in total. The van der Waals surface area contributed by atoms with Crippen LogP contribution >= 0.6 is 0 Å². The van der Waals surface area contributed by atoms with Crippen molar-refractivity contribution >= 4 is 5.78 Å². The second-order valence-electron chi connectivity index (χ2n) is 3.00. The lowest BCUT2D eigenvalue weighted by Crippen LogP contribution is -2.28. The Morgan fingerprint density at radius 3 is 2.67 bits per heavy atom. The number of benzene rings is 1. The van der Waals surface area contributed by atoms with Crippen molar-refractivity contribution in [3.8, 4) is 24.2 Å². The van der Waals surface area contributed by atoms with Crippen LogP contribution in [0, 0.1) is 24.2 Å². The van der Waals surface area contributed by atoms with E-state index in [0.29, 0.717) is 0 Å². The van der Waals surface area contributed by atoms with Gasteiger partial charge in [0.25, 0.3) is 0 Å². The van der Waals surface area contributed by atoms with E-state index < -0.39 is 6.04 Å². The van der Waals surface area contributed by atoms with Gasteiger partial charge in [-0.2, -0.15) is 0 Å². The average Bonchev–Trinajstić information content (AvgIpc) is 2.27. The van der Waals surface area contributed by atoms with Crippen LogP contribution in [0.5, 0.6) is 0 Å². The molecule has 0 radical (unpaired) electrons. The monoisotopic (exact) mass is 197 g/mol. The molecule has 0 aliphatic heterocycles. The lowest BCUT2D eigenvalue weighted by atomic mass is 10.1. The SMILES string of the molecule is C#CCC(N)C(=O)C#Cc1ccccc1. The van der Waals surface area contributed by atoms with Crippen LogP contribution in [0.15, 0.2) is 30.3 Å². The molecule has 2 N–H and O–H groups in total. The van der Waals surface area contributed by atoms with Crippen molar-refractivity contribution in [3.63, 3.8) is 0 Å². The molecule has 1 atom stereocenters. The third-order valence-electron chi connectivity index (χ3n) is 1.78. The van der Waals surface area contributed by atoms with Gasteiger partial charge in [0.2, 0.25) is 5.78 Å². The van der Waals surface area contributed by atoms with E-state index in [4.69, 9.17) is 12.2 Å². The number of terminal acetylenes is 1. The van der Waals surface area contributed by atoms with Gasteiger partial charge < -0.3 is 5.73 Å². The number of rotatable bonds is 2. The van der Waals surface area contributed by atoms with Gasteiger partial charge in [-0.3, -0.25) is 4.79 Å². The van der Waals surface area contributed by atoms with Crippen molar-refractivity contribution < 1.29 is 4.79 Å². The smallest absolute Gasteiger partial charge is 0.223 e. The van der Waals surface area contributed by atoms with Crippen LogP contribution < -0.4 is 5.73 Å². The first kappa shape index (κ1) is 11.0. The minimum atomic E-state index is -0.675. The highest BCUT2D eigenvalue weighted by atomic mass is 16.1. The summed E-state index contributed by atoms with van der Waals surface area (Å²) >= 11 is 0. The average molecular weight is 197 g/mol. The number of hydrogen-bond donors (Lipinski definition) is 1. The van der Waals surface area contributed by atoms with Crippen LogP contribution in [-0.2, 0) is 4.79 Å². The summed E-state index contributed by atoms with van der Waals surface area (Å²) in [6, 6.07) is 8.58. The van der Waals surface area contributed by atoms with Gasteiger partial charge in [0.05, 0.1) is 6.04 Å². The van der Waals surface area contributed by atoms with E-state index in [1.54, 1.807) is 0 Å². The minimum Gasteiger partial charge on any atom is -0.320 e. The zero-order valence-corrected chi connectivity index (χ0v) is 8.23. The maximum Gasteiger partial charge on any atom is 0.223 e. The number of carbonyl (C=O) groups excluding carboxylic acids is 1. The lowest BCUT2D eigenvalue weighted by molar-refractivity contribution is -0.114. The molecule has 2 heteroatoms. The van der Waals surface area contributed by atoms with E-state index in [-0.39, 0.29) is 12.2 Å². The molecule has 0 heterocycles. The molecule has 0 aromatic heterocycles. The van der Waals surface area contributed by atoms with E-state index in [2.05, 4.69) is 17.8 Å². The van der Waals surface area contributed by atoms with Gasteiger partial charge >= 0.3 is 0 Å². The number of Topliss-reactive ketones (excluding diaryl/α,β-unsaturated/α-hetero) is 1. The van der Waals surface area contributed by atoms with Gasteiger partial charge in [-0.15, -0.1) is 12.3 Å². The molecule has 0 saturated heterocycles. The molecule has 1 aromatic carbocycles. The molecule has 0 bridgehead atoms. The first-order valence-electron chi connectivity index (χ1n) is 4.54. The molecule has 74 valence electrons. The summed E-state index contributed by atoms with van der Waals surface area (Å²) in [5.74, 6) is 7.22. The second-order valence-corrected chi connectivity index (χ2v) is 3.00. The molecular formula is C13H11NO. The quantitative estimate of drug-likeness (QED) is 0.717. The Morgan fingerprint density at radius 1 is 1.40 bits per heavy atom. The van der Waals surface area contributed by atoms with Gasteiger partial charge in [-0.1, -0.05) is 24.1 Å². The summed E-state index contributed by atoms with van der Waals surface area (Å²) in [5, 5.41) is 0. The van der Waals surface area contributed by atoms with Crippen LogP contribution in [0.25, 0.3) is 0 Å². The highest BCUT2D eigenvalue weighted by Crippen LogP contribution is 1.95. The zero-order chi connectivity index (χ0) is 11.1. The van der Waals surface area contributed by atoms with Gasteiger partial charge in [0.1, 0.15) is 0 Å². The van der Waals surface area contributed by atoms with E-state index in [9.17, 15) is 4.79 Å².